The predicted octanol–water partition coefficient (Wildman–Crippen LogP) is 4.16. The van der Waals surface area contributed by atoms with Crippen LogP contribution in [-0.4, -0.2) is 22.6 Å². The zero-order valence-electron chi connectivity index (χ0n) is 12.3. The van der Waals surface area contributed by atoms with Gasteiger partial charge in [-0.15, -0.1) is 0 Å². The largest absolute Gasteiger partial charge is 0.354 e. The quantitative estimate of drug-likeness (QED) is 0.781. The molecule has 0 saturated heterocycles. The molecule has 0 aliphatic rings. The Balaban J connectivity index is 3.20. The lowest BCUT2D eigenvalue weighted by molar-refractivity contribution is 0.538. The van der Waals surface area contributed by atoms with Gasteiger partial charge in [0.05, 0.1) is 0 Å². The smallest absolute Gasteiger partial charge is 0.137 e. The van der Waals surface area contributed by atoms with E-state index < -0.39 is 0 Å². The molecule has 18 heavy (non-hydrogen) atoms. The standard InChI is InChI=1S/C14H24BrN3/c1-7-10(3)18(8-2)12-9-11(15)16-13(17-12)14(4,5)6/h9-10H,7-8H2,1-6H3. The van der Waals surface area contributed by atoms with Crippen molar-refractivity contribution in [2.24, 2.45) is 0 Å². The minimum absolute atomic E-state index is 0.0343. The fourth-order valence-corrected chi connectivity index (χ4v) is 2.18. The van der Waals surface area contributed by atoms with E-state index in [-0.39, 0.29) is 5.41 Å². The number of halogens is 1. The molecule has 0 aromatic carbocycles. The van der Waals surface area contributed by atoms with E-state index in [1.54, 1.807) is 0 Å². The van der Waals surface area contributed by atoms with Crippen molar-refractivity contribution in [3.8, 4) is 0 Å². The van der Waals surface area contributed by atoms with Gasteiger partial charge >= 0.3 is 0 Å². The maximum Gasteiger partial charge on any atom is 0.137 e. The highest BCUT2D eigenvalue weighted by molar-refractivity contribution is 9.10. The van der Waals surface area contributed by atoms with Crippen molar-refractivity contribution in [3.63, 3.8) is 0 Å². The predicted molar refractivity (Wildman–Crippen MR) is 81.2 cm³/mol. The Morgan fingerprint density at radius 2 is 1.89 bits per heavy atom. The first-order valence-electron chi connectivity index (χ1n) is 6.61. The number of hydrogen-bond acceptors (Lipinski definition) is 3. The molecule has 1 unspecified atom stereocenters. The van der Waals surface area contributed by atoms with Crippen molar-refractivity contribution >= 4 is 21.7 Å². The van der Waals surface area contributed by atoms with Gasteiger partial charge in [0.1, 0.15) is 16.2 Å². The molecular formula is C14H24BrN3. The molecule has 0 amide bonds. The van der Waals surface area contributed by atoms with E-state index in [1.807, 2.05) is 6.07 Å². The Kier molecular flexibility index (Phi) is 5.14. The van der Waals surface area contributed by atoms with Crippen LogP contribution in [0.3, 0.4) is 0 Å². The summed E-state index contributed by atoms with van der Waals surface area (Å²) in [6.45, 7) is 14.0. The van der Waals surface area contributed by atoms with Crippen molar-refractivity contribution in [3.05, 3.63) is 16.5 Å². The van der Waals surface area contributed by atoms with Crippen LogP contribution >= 0.6 is 15.9 Å². The van der Waals surface area contributed by atoms with Gasteiger partial charge in [-0.3, -0.25) is 0 Å². The summed E-state index contributed by atoms with van der Waals surface area (Å²) in [4.78, 5) is 11.5. The van der Waals surface area contributed by atoms with E-state index in [4.69, 9.17) is 4.98 Å². The van der Waals surface area contributed by atoms with Crippen LogP contribution in [0.2, 0.25) is 0 Å². The van der Waals surface area contributed by atoms with Crippen LogP contribution in [0.4, 0.5) is 5.82 Å². The highest BCUT2D eigenvalue weighted by atomic mass is 79.9. The first-order valence-corrected chi connectivity index (χ1v) is 7.40. The van der Waals surface area contributed by atoms with Gasteiger partial charge in [0, 0.05) is 24.1 Å². The molecule has 0 aliphatic heterocycles. The first-order chi connectivity index (χ1) is 8.29. The zero-order valence-corrected chi connectivity index (χ0v) is 13.9. The van der Waals surface area contributed by atoms with E-state index in [0.29, 0.717) is 6.04 Å². The van der Waals surface area contributed by atoms with Gasteiger partial charge < -0.3 is 4.90 Å². The van der Waals surface area contributed by atoms with Crippen molar-refractivity contribution in [2.45, 2.75) is 59.4 Å². The van der Waals surface area contributed by atoms with E-state index in [0.717, 1.165) is 29.2 Å². The van der Waals surface area contributed by atoms with E-state index in [1.165, 1.54) is 0 Å². The first kappa shape index (κ1) is 15.4. The molecule has 0 aliphatic carbocycles. The highest BCUT2D eigenvalue weighted by Crippen LogP contribution is 2.25. The second-order valence-electron chi connectivity index (χ2n) is 5.67. The third kappa shape index (κ3) is 3.67. The second-order valence-corrected chi connectivity index (χ2v) is 6.48. The summed E-state index contributed by atoms with van der Waals surface area (Å²) in [5.74, 6) is 1.90. The molecule has 0 N–H and O–H groups in total. The van der Waals surface area contributed by atoms with Crippen LogP contribution in [0.5, 0.6) is 0 Å². The molecule has 0 spiro atoms. The third-order valence-electron chi connectivity index (χ3n) is 3.11. The van der Waals surface area contributed by atoms with Crippen LogP contribution < -0.4 is 4.90 Å². The van der Waals surface area contributed by atoms with Crippen LogP contribution in [0.25, 0.3) is 0 Å². The molecule has 1 heterocycles. The number of aromatic nitrogens is 2. The second kappa shape index (κ2) is 6.00. The summed E-state index contributed by atoms with van der Waals surface area (Å²) in [5, 5.41) is 0. The number of hydrogen-bond donors (Lipinski definition) is 0. The molecule has 3 nitrogen and oxygen atoms in total. The average molecular weight is 314 g/mol. The minimum atomic E-state index is -0.0343. The molecule has 0 radical (unpaired) electrons. The van der Waals surface area contributed by atoms with Gasteiger partial charge in [0.15, 0.2) is 0 Å². The highest BCUT2D eigenvalue weighted by Gasteiger charge is 2.21. The molecule has 1 aromatic heterocycles. The Morgan fingerprint density at radius 1 is 1.28 bits per heavy atom. The Morgan fingerprint density at radius 3 is 2.33 bits per heavy atom. The van der Waals surface area contributed by atoms with E-state index in [2.05, 4.69) is 67.4 Å². The Bertz CT molecular complexity index is 399. The molecule has 4 heteroatoms. The lowest BCUT2D eigenvalue weighted by Gasteiger charge is -2.29. The van der Waals surface area contributed by atoms with Gasteiger partial charge in [-0.25, -0.2) is 9.97 Å². The summed E-state index contributed by atoms with van der Waals surface area (Å²) in [6, 6.07) is 2.50. The molecular weight excluding hydrogens is 290 g/mol. The van der Waals surface area contributed by atoms with Gasteiger partial charge in [-0.2, -0.15) is 0 Å². The number of rotatable bonds is 4. The molecule has 0 bridgehead atoms. The lowest BCUT2D eigenvalue weighted by atomic mass is 9.96. The van der Waals surface area contributed by atoms with Crippen LogP contribution in [-0.2, 0) is 5.41 Å². The van der Waals surface area contributed by atoms with E-state index in [9.17, 15) is 0 Å². The average Bonchev–Trinajstić information content (AvgIpc) is 2.27. The fourth-order valence-electron chi connectivity index (χ4n) is 1.81. The SMILES string of the molecule is CCC(C)N(CC)c1cc(Br)nc(C(C)(C)C)n1. The summed E-state index contributed by atoms with van der Waals surface area (Å²) < 4.78 is 0.860. The van der Waals surface area contributed by atoms with Gasteiger partial charge in [-0.1, -0.05) is 27.7 Å². The molecule has 1 aromatic rings. The zero-order chi connectivity index (χ0) is 13.9. The maximum absolute atomic E-state index is 4.73. The molecule has 0 fully saturated rings. The molecule has 102 valence electrons. The topological polar surface area (TPSA) is 29.0 Å². The summed E-state index contributed by atoms with van der Waals surface area (Å²) in [6.07, 6.45) is 1.11. The third-order valence-corrected chi connectivity index (χ3v) is 3.52. The van der Waals surface area contributed by atoms with Crippen LogP contribution in [0, 0.1) is 0 Å². The Hall–Kier alpha value is -0.640. The van der Waals surface area contributed by atoms with Crippen molar-refractivity contribution in [1.82, 2.24) is 9.97 Å². The molecule has 1 rings (SSSR count). The van der Waals surface area contributed by atoms with Gasteiger partial charge in [0.2, 0.25) is 0 Å². The number of nitrogens with zero attached hydrogens (tertiary/aromatic N) is 3. The normalized spacial score (nSPS) is 13.5. The van der Waals surface area contributed by atoms with E-state index >= 15 is 0 Å². The maximum atomic E-state index is 4.73. The number of anilines is 1. The minimum Gasteiger partial charge on any atom is -0.354 e. The summed E-state index contributed by atoms with van der Waals surface area (Å²) in [7, 11) is 0. The monoisotopic (exact) mass is 313 g/mol. The van der Waals surface area contributed by atoms with Crippen LogP contribution in [0.1, 0.15) is 53.8 Å². The van der Waals surface area contributed by atoms with Gasteiger partial charge in [-0.05, 0) is 36.2 Å². The summed E-state index contributed by atoms with van der Waals surface area (Å²) in [5.41, 5.74) is -0.0343. The molecule has 1 atom stereocenters. The molecule has 0 saturated carbocycles. The van der Waals surface area contributed by atoms with Crippen molar-refractivity contribution in [2.75, 3.05) is 11.4 Å². The summed E-state index contributed by atoms with van der Waals surface area (Å²) >= 11 is 3.50. The fraction of sp³-hybridized carbons (Fsp3) is 0.714. The van der Waals surface area contributed by atoms with Crippen molar-refractivity contribution in [1.29, 1.82) is 0 Å². The Labute approximate surface area is 119 Å². The van der Waals surface area contributed by atoms with Gasteiger partial charge in [0.25, 0.3) is 0 Å². The lowest BCUT2D eigenvalue weighted by Crippen LogP contribution is -2.33. The van der Waals surface area contributed by atoms with Crippen LogP contribution in [0.15, 0.2) is 10.7 Å². The van der Waals surface area contributed by atoms with Crippen molar-refractivity contribution < 1.29 is 0 Å².